The van der Waals surface area contributed by atoms with Gasteiger partial charge in [0, 0.05) is 0 Å². The quantitative estimate of drug-likeness (QED) is 0.461. The van der Waals surface area contributed by atoms with E-state index < -0.39 is 54.4 Å². The number of hydrogen-bond acceptors (Lipinski definition) is 2. The van der Waals surface area contributed by atoms with Gasteiger partial charge >= 0.3 is 178 Å². The molecule has 24 heavy (non-hydrogen) atoms. The van der Waals surface area contributed by atoms with Gasteiger partial charge in [-0.05, 0) is 0 Å². The van der Waals surface area contributed by atoms with Crippen molar-refractivity contribution in [1.29, 1.82) is 0 Å². The molecular formula is C12H26Cl2N2O2Ti6. The normalized spacial score (nSPS) is 28.7. The van der Waals surface area contributed by atoms with Gasteiger partial charge in [-0.15, -0.1) is 0 Å². The molecule has 0 aromatic carbocycles. The van der Waals surface area contributed by atoms with Crippen molar-refractivity contribution in [3.63, 3.8) is 0 Å². The zero-order valence-corrected chi connectivity index (χ0v) is 26.0. The topological polar surface area (TPSA) is 58.2 Å². The fourth-order valence-electron chi connectivity index (χ4n) is 3.12. The maximum absolute atomic E-state index is 11.9. The summed E-state index contributed by atoms with van der Waals surface area (Å²) in [4.78, 5) is 23.7. The van der Waals surface area contributed by atoms with Crippen LogP contribution in [0.25, 0.3) is 0 Å². The molecule has 1 aliphatic heterocycles. The van der Waals surface area contributed by atoms with Crippen LogP contribution in [0.5, 0.6) is 0 Å². The SMILES string of the molecule is CC[CH](C)[Ti]1([CH](C)CC)[Ti][Ti]([NH]C(C)=O)[Ti][Ti]([Cl])([Cl])([NH]C(C)=O)[Ti]1. The molecule has 2 atom stereocenters. The Morgan fingerprint density at radius 3 is 2.00 bits per heavy atom. The van der Waals surface area contributed by atoms with Crippen molar-refractivity contribution in [2.45, 2.75) is 62.8 Å². The third-order valence-electron chi connectivity index (χ3n) is 4.58. The second kappa shape index (κ2) is 10.2. The molecule has 2 unspecified atom stereocenters. The second-order valence-electron chi connectivity index (χ2n) is 6.61. The summed E-state index contributed by atoms with van der Waals surface area (Å²) < 4.78 is 8.13. The molecule has 2 amide bonds. The average molecular weight is 588 g/mol. The Bertz CT molecular complexity index is 500. The first kappa shape index (κ1) is 25.8. The van der Waals surface area contributed by atoms with Crippen LogP contribution < -0.4 is 7.60 Å². The molecule has 4 nitrogen and oxygen atoms in total. The van der Waals surface area contributed by atoms with Crippen LogP contribution in [0.1, 0.15) is 54.4 Å². The molecular weight excluding hydrogens is 562 g/mol. The zero-order chi connectivity index (χ0) is 18.8. The maximum atomic E-state index is 11.9. The van der Waals surface area contributed by atoms with Crippen LogP contribution in [0.2, 0.25) is 8.45 Å². The Kier molecular flexibility index (Phi) is 11.0. The molecule has 0 aromatic heterocycles. The Labute approximate surface area is 173 Å². The number of carbonyl (C=O) groups is 2. The molecule has 2 N–H and O–H groups in total. The van der Waals surface area contributed by atoms with Crippen LogP contribution in [-0.4, -0.2) is 11.8 Å². The summed E-state index contributed by atoms with van der Waals surface area (Å²) in [5.41, 5.74) is 0. The standard InChI is InChI=1S/2C4H9.2C2H5NO.2ClH.6Ti/c2*1-3-4-2;2*1-2(3)4;;;;;;;;/h2*3H,4H2,1-2H3;2*1H3,(H2,3,4);2*1H;;;;;;/q;;;;;;;;;;+1;+3/p-4. The van der Waals surface area contributed by atoms with Gasteiger partial charge in [-0.3, -0.25) is 0 Å². The first-order valence-electron chi connectivity index (χ1n) is 8.25. The first-order chi connectivity index (χ1) is 10.9. The molecule has 1 rings (SSSR count). The Balaban J connectivity index is 3.40. The van der Waals surface area contributed by atoms with Crippen LogP contribution >= 0.6 is 18.6 Å². The molecule has 0 spiro atoms. The Morgan fingerprint density at radius 1 is 1.12 bits per heavy atom. The van der Waals surface area contributed by atoms with Gasteiger partial charge in [-0.1, -0.05) is 0 Å². The van der Waals surface area contributed by atoms with E-state index in [1.807, 2.05) is 0 Å². The van der Waals surface area contributed by atoms with E-state index in [0.29, 0.717) is 0 Å². The van der Waals surface area contributed by atoms with Crippen LogP contribution in [-0.2, 0) is 76.7 Å². The minimum absolute atomic E-state index is 0.0450. The Morgan fingerprint density at radius 2 is 1.62 bits per heavy atom. The zero-order valence-electron chi connectivity index (χ0n) is 15.1. The fraction of sp³-hybridized carbons (Fsp3) is 0.833. The second-order valence-corrected chi connectivity index (χ2v) is 104. The molecule has 0 aliphatic carbocycles. The van der Waals surface area contributed by atoms with Crippen molar-refractivity contribution in [3.8, 4) is 0 Å². The van der Waals surface area contributed by atoms with Crippen molar-refractivity contribution in [3.05, 3.63) is 0 Å². The van der Waals surface area contributed by atoms with Crippen LogP contribution in [0.4, 0.5) is 0 Å². The van der Waals surface area contributed by atoms with E-state index in [0.717, 1.165) is 8.45 Å². The molecule has 0 radical (unpaired) electrons. The first-order valence-corrected chi connectivity index (χ1v) is 39.9. The van der Waals surface area contributed by atoms with Gasteiger partial charge in [0.25, 0.3) is 0 Å². The fourth-order valence-corrected chi connectivity index (χ4v) is 489. The van der Waals surface area contributed by atoms with Gasteiger partial charge in [0.15, 0.2) is 0 Å². The van der Waals surface area contributed by atoms with Crippen molar-refractivity contribution in [2.75, 3.05) is 0 Å². The number of hydrogen-bond donors (Lipinski definition) is 2. The van der Waals surface area contributed by atoms with Crippen LogP contribution in [0, 0.1) is 0 Å². The monoisotopic (exact) mass is 588 g/mol. The van der Waals surface area contributed by atoms with Gasteiger partial charge in [-0.2, -0.15) is 0 Å². The van der Waals surface area contributed by atoms with E-state index in [4.69, 9.17) is 18.6 Å². The molecule has 1 heterocycles. The molecule has 1 aliphatic rings. The summed E-state index contributed by atoms with van der Waals surface area (Å²) in [5.74, 6) is 0.0607. The van der Waals surface area contributed by atoms with Crippen molar-refractivity contribution >= 4 is 30.4 Å². The number of carbonyl (C=O) groups excluding carboxylic acids is 2. The molecule has 1 saturated heterocycles. The van der Waals surface area contributed by atoms with Gasteiger partial charge in [0.2, 0.25) is 0 Å². The molecule has 0 bridgehead atoms. The van der Waals surface area contributed by atoms with Gasteiger partial charge < -0.3 is 0 Å². The predicted molar refractivity (Wildman–Crippen MR) is 78.8 cm³/mol. The molecule has 134 valence electrons. The van der Waals surface area contributed by atoms with E-state index in [-0.39, 0.29) is 24.6 Å². The van der Waals surface area contributed by atoms with E-state index in [2.05, 4.69) is 35.3 Å². The molecule has 1 fully saturated rings. The van der Waals surface area contributed by atoms with Crippen LogP contribution in [0.15, 0.2) is 0 Å². The third-order valence-corrected chi connectivity index (χ3v) is 214. The average Bonchev–Trinajstić information content (AvgIpc) is 2.41. The summed E-state index contributed by atoms with van der Waals surface area (Å²) in [6.07, 6.45) is 2.42. The van der Waals surface area contributed by atoms with Crippen molar-refractivity contribution in [2.24, 2.45) is 0 Å². The molecule has 0 saturated carbocycles. The summed E-state index contributed by atoms with van der Waals surface area (Å²) in [6.45, 7) is 12.6. The number of halogens is 2. The van der Waals surface area contributed by atoms with Crippen LogP contribution in [0.3, 0.4) is 0 Å². The van der Waals surface area contributed by atoms with Gasteiger partial charge in [0.1, 0.15) is 0 Å². The van der Waals surface area contributed by atoms with Crippen molar-refractivity contribution < 1.29 is 76.7 Å². The summed E-state index contributed by atoms with van der Waals surface area (Å²) >= 11 is -2.71. The van der Waals surface area contributed by atoms with E-state index in [9.17, 15) is 9.59 Å². The van der Waals surface area contributed by atoms with Crippen molar-refractivity contribution in [1.82, 2.24) is 7.60 Å². The molecule has 12 heteroatoms. The van der Waals surface area contributed by atoms with E-state index in [1.54, 1.807) is 13.8 Å². The number of nitrogens with one attached hydrogen (secondary N) is 2. The van der Waals surface area contributed by atoms with E-state index in [1.165, 1.54) is 12.8 Å². The minimum atomic E-state index is -3.84. The number of amides is 2. The summed E-state index contributed by atoms with van der Waals surface area (Å²) in [7, 11) is 8.54. The predicted octanol–water partition coefficient (Wildman–Crippen LogP) is 4.05. The number of rotatable bonds is 6. The van der Waals surface area contributed by atoms with E-state index >= 15 is 0 Å². The Hall–Kier alpha value is 3.81. The van der Waals surface area contributed by atoms with Gasteiger partial charge in [0.05, 0.1) is 0 Å². The molecule has 0 aromatic rings. The third kappa shape index (κ3) is 6.95. The van der Waals surface area contributed by atoms with Gasteiger partial charge in [-0.25, -0.2) is 0 Å². The summed E-state index contributed by atoms with van der Waals surface area (Å²) in [6, 6.07) is 0. The summed E-state index contributed by atoms with van der Waals surface area (Å²) in [5, 5.41) is 0.